The molecule has 9 nitrogen and oxygen atoms in total. The van der Waals surface area contributed by atoms with Gasteiger partial charge in [0.15, 0.2) is 0 Å². The van der Waals surface area contributed by atoms with Crippen molar-refractivity contribution >= 4 is 33.6 Å². The summed E-state index contributed by atoms with van der Waals surface area (Å²) in [6.07, 6.45) is -4.71. The molecule has 0 N–H and O–H groups in total. The van der Waals surface area contributed by atoms with Crippen LogP contribution < -0.4 is 0 Å². The number of nitro groups is 1. The molecule has 31 heavy (non-hydrogen) atoms. The minimum atomic E-state index is -4.71. The predicted octanol–water partition coefficient (Wildman–Crippen LogP) is 2.44. The number of thioether (sulfide) groups is 1. The van der Waals surface area contributed by atoms with Crippen LogP contribution in [-0.4, -0.2) is 77.8 Å². The van der Waals surface area contributed by atoms with E-state index in [1.54, 1.807) is 13.8 Å². The molecule has 0 atom stereocenters. The first kappa shape index (κ1) is 25.4. The summed E-state index contributed by atoms with van der Waals surface area (Å²) in [5, 5.41) is 11.1. The summed E-state index contributed by atoms with van der Waals surface area (Å²) >= 11 is 0.775. The van der Waals surface area contributed by atoms with Crippen molar-refractivity contribution < 1.29 is 31.3 Å². The monoisotopic (exact) mass is 484 g/mol. The highest BCUT2D eigenvalue weighted by Gasteiger charge is 2.34. The van der Waals surface area contributed by atoms with E-state index in [1.165, 1.54) is 13.5 Å². The molecule has 0 aromatic heterocycles. The van der Waals surface area contributed by atoms with Gasteiger partial charge in [-0.1, -0.05) is 13.8 Å². The molecule has 0 spiro atoms. The fraction of sp³-hybridized carbons (Fsp3) is 0.588. The second-order valence-electron chi connectivity index (χ2n) is 6.60. The van der Waals surface area contributed by atoms with Crippen LogP contribution in [0.15, 0.2) is 23.1 Å². The first-order valence-electron chi connectivity index (χ1n) is 9.43. The fourth-order valence-electron chi connectivity index (χ4n) is 3.07. The Morgan fingerprint density at radius 3 is 2.26 bits per heavy atom. The van der Waals surface area contributed by atoms with Crippen LogP contribution >= 0.6 is 11.8 Å². The zero-order valence-electron chi connectivity index (χ0n) is 17.0. The fourth-order valence-corrected chi connectivity index (χ4v) is 5.58. The third-order valence-electron chi connectivity index (χ3n) is 4.78. The van der Waals surface area contributed by atoms with E-state index in [9.17, 15) is 36.5 Å². The van der Waals surface area contributed by atoms with Crippen LogP contribution in [0.3, 0.4) is 0 Å². The van der Waals surface area contributed by atoms with Crippen molar-refractivity contribution in [2.45, 2.75) is 24.9 Å². The minimum absolute atomic E-state index is 0.0471. The molecule has 0 bridgehead atoms. The van der Waals surface area contributed by atoms with Crippen LogP contribution in [0.4, 0.5) is 18.9 Å². The quantitative estimate of drug-likeness (QED) is 0.319. The molecule has 1 aromatic carbocycles. The lowest BCUT2D eigenvalue weighted by atomic mass is 10.2. The average molecular weight is 485 g/mol. The zero-order valence-corrected chi connectivity index (χ0v) is 18.6. The molecule has 14 heteroatoms. The molecular weight excluding hydrogens is 461 g/mol. The standard InChI is InChI=1S/C17H23F3N4O5S2/c1-3-22(4-2)31(28,29)23-9-7-21(8-10-23)16(25)12-30-15-6-5-13(17(18,19)20)11-14(15)24(26)27/h5-6,11H,3-4,7-10,12H2,1-2H3. The van der Waals surface area contributed by atoms with Gasteiger partial charge in [-0.25, -0.2) is 0 Å². The highest BCUT2D eigenvalue weighted by molar-refractivity contribution is 8.00. The third kappa shape index (κ3) is 6.08. The van der Waals surface area contributed by atoms with Crippen LogP contribution in [0.1, 0.15) is 19.4 Å². The van der Waals surface area contributed by atoms with Crippen LogP contribution in [0, 0.1) is 10.1 Å². The SMILES string of the molecule is CCN(CC)S(=O)(=O)N1CCN(C(=O)CSc2ccc(C(F)(F)F)cc2[N+](=O)[O-])CC1. The number of hydrogen-bond acceptors (Lipinski definition) is 6. The second-order valence-corrected chi connectivity index (χ2v) is 9.54. The number of rotatable bonds is 8. The molecule has 174 valence electrons. The number of amides is 1. The number of carbonyl (C=O) groups is 1. The molecule has 1 aliphatic rings. The highest BCUT2D eigenvalue weighted by Crippen LogP contribution is 2.36. The lowest BCUT2D eigenvalue weighted by Crippen LogP contribution is -2.54. The van der Waals surface area contributed by atoms with E-state index >= 15 is 0 Å². The Kier molecular flexibility index (Phi) is 8.30. The van der Waals surface area contributed by atoms with Gasteiger partial charge in [0.25, 0.3) is 15.9 Å². The largest absolute Gasteiger partial charge is 0.416 e. The first-order chi connectivity index (χ1) is 14.4. The summed E-state index contributed by atoms with van der Waals surface area (Å²) < 4.78 is 66.1. The van der Waals surface area contributed by atoms with Gasteiger partial charge in [-0.2, -0.15) is 30.2 Å². The maximum Gasteiger partial charge on any atom is 0.416 e. The van der Waals surface area contributed by atoms with Gasteiger partial charge in [-0.3, -0.25) is 14.9 Å². The molecule has 1 heterocycles. The van der Waals surface area contributed by atoms with Crippen molar-refractivity contribution in [1.29, 1.82) is 0 Å². The Hall–Kier alpha value is -1.90. The van der Waals surface area contributed by atoms with E-state index in [1.807, 2.05) is 0 Å². The number of carbonyl (C=O) groups excluding carboxylic acids is 1. The maximum absolute atomic E-state index is 12.8. The number of hydrogen-bond donors (Lipinski definition) is 0. The summed E-state index contributed by atoms with van der Waals surface area (Å²) in [6, 6.07) is 2.16. The molecule has 1 saturated heterocycles. The van der Waals surface area contributed by atoms with Crippen molar-refractivity contribution in [3.8, 4) is 0 Å². The highest BCUT2D eigenvalue weighted by atomic mass is 32.2. The molecule has 0 unspecified atom stereocenters. The van der Waals surface area contributed by atoms with Crippen molar-refractivity contribution in [3.05, 3.63) is 33.9 Å². The van der Waals surface area contributed by atoms with E-state index in [0.717, 1.165) is 23.9 Å². The van der Waals surface area contributed by atoms with Gasteiger partial charge in [-0.15, -0.1) is 11.8 Å². The normalized spacial score (nSPS) is 16.0. The molecule has 1 fully saturated rings. The topological polar surface area (TPSA) is 104 Å². The number of nitrogens with zero attached hydrogens (tertiary/aromatic N) is 4. The summed E-state index contributed by atoms with van der Waals surface area (Å²) in [6.45, 7) is 4.70. The summed E-state index contributed by atoms with van der Waals surface area (Å²) in [5.74, 6) is -0.589. The van der Waals surface area contributed by atoms with Crippen LogP contribution in [-0.2, 0) is 21.2 Å². The zero-order chi connectivity index (χ0) is 23.4. The van der Waals surface area contributed by atoms with Crippen molar-refractivity contribution in [2.24, 2.45) is 0 Å². The smallest absolute Gasteiger partial charge is 0.339 e. The molecule has 1 aromatic rings. The van der Waals surface area contributed by atoms with E-state index in [2.05, 4.69) is 0 Å². The average Bonchev–Trinajstić information content (AvgIpc) is 2.71. The number of benzene rings is 1. The molecule has 0 aliphatic carbocycles. The summed E-state index contributed by atoms with van der Waals surface area (Å²) in [7, 11) is -3.60. The van der Waals surface area contributed by atoms with E-state index < -0.39 is 32.6 Å². The Morgan fingerprint density at radius 2 is 1.77 bits per heavy atom. The Bertz CT molecular complexity index is 915. The lowest BCUT2D eigenvalue weighted by Gasteiger charge is -2.36. The predicted molar refractivity (Wildman–Crippen MR) is 109 cm³/mol. The van der Waals surface area contributed by atoms with E-state index in [-0.39, 0.29) is 42.7 Å². The second kappa shape index (κ2) is 10.1. The molecule has 0 radical (unpaired) electrons. The van der Waals surface area contributed by atoms with E-state index in [0.29, 0.717) is 19.2 Å². The molecule has 1 amide bonds. The molecular formula is C17H23F3N4O5S2. The third-order valence-corrected chi connectivity index (χ3v) is 8.02. The van der Waals surface area contributed by atoms with Crippen LogP contribution in [0.5, 0.6) is 0 Å². The van der Waals surface area contributed by atoms with Gasteiger partial charge in [0.05, 0.1) is 21.1 Å². The number of halogens is 3. The number of nitro benzene ring substituents is 1. The Labute approximate surface area is 182 Å². The van der Waals surface area contributed by atoms with Gasteiger partial charge in [0, 0.05) is 45.3 Å². The molecule has 1 aliphatic heterocycles. The lowest BCUT2D eigenvalue weighted by molar-refractivity contribution is -0.388. The van der Waals surface area contributed by atoms with Gasteiger partial charge >= 0.3 is 6.18 Å². The Morgan fingerprint density at radius 1 is 1.19 bits per heavy atom. The van der Waals surface area contributed by atoms with Gasteiger partial charge in [0.2, 0.25) is 5.91 Å². The summed E-state index contributed by atoms with van der Waals surface area (Å²) in [4.78, 5) is 24.1. The van der Waals surface area contributed by atoms with Gasteiger partial charge in [0.1, 0.15) is 0 Å². The maximum atomic E-state index is 12.8. The minimum Gasteiger partial charge on any atom is -0.339 e. The van der Waals surface area contributed by atoms with Crippen molar-refractivity contribution in [1.82, 2.24) is 13.5 Å². The van der Waals surface area contributed by atoms with Crippen LogP contribution in [0.2, 0.25) is 0 Å². The first-order valence-corrected chi connectivity index (χ1v) is 11.8. The number of alkyl halides is 3. The molecule has 2 rings (SSSR count). The van der Waals surface area contributed by atoms with Crippen molar-refractivity contribution in [3.63, 3.8) is 0 Å². The van der Waals surface area contributed by atoms with Crippen molar-refractivity contribution in [2.75, 3.05) is 45.0 Å². The molecule has 0 saturated carbocycles. The van der Waals surface area contributed by atoms with Crippen LogP contribution in [0.25, 0.3) is 0 Å². The van der Waals surface area contributed by atoms with E-state index in [4.69, 9.17) is 0 Å². The Balaban J connectivity index is 2.00. The number of piperazine rings is 1. The summed E-state index contributed by atoms with van der Waals surface area (Å²) in [5.41, 5.74) is -1.86. The van der Waals surface area contributed by atoms with Gasteiger partial charge in [-0.05, 0) is 12.1 Å². The van der Waals surface area contributed by atoms with Gasteiger partial charge < -0.3 is 4.90 Å².